The van der Waals surface area contributed by atoms with Gasteiger partial charge in [0, 0.05) is 13.5 Å². The van der Waals surface area contributed by atoms with Gasteiger partial charge in [-0.3, -0.25) is 9.59 Å². The molecule has 100 valence electrons. The number of hydrogen-bond donors (Lipinski definition) is 2. The summed E-state index contributed by atoms with van der Waals surface area (Å²) in [6.45, 7) is 5.66. The number of aromatic nitrogens is 2. The van der Waals surface area contributed by atoms with Crippen LogP contribution in [0.25, 0.3) is 0 Å². The molecule has 0 saturated heterocycles. The van der Waals surface area contributed by atoms with E-state index < -0.39 is 6.04 Å². The molecule has 0 aliphatic carbocycles. The molecule has 1 aromatic rings. The summed E-state index contributed by atoms with van der Waals surface area (Å²) in [6, 6.07) is -0.553. The molecule has 2 N–H and O–H groups in total. The number of likely N-dealkylation sites (N-methyl/N-ethyl adjacent to an activating group) is 1. The van der Waals surface area contributed by atoms with Crippen molar-refractivity contribution in [2.75, 3.05) is 12.3 Å². The van der Waals surface area contributed by atoms with E-state index in [0.29, 0.717) is 17.7 Å². The molecule has 18 heavy (non-hydrogen) atoms. The second-order valence-corrected chi connectivity index (χ2v) is 4.49. The number of nitrogens with one attached hydrogen (secondary N) is 2. The number of carbonyl (C=O) groups excluding carboxylic acids is 2. The third kappa shape index (κ3) is 4.74. The first-order valence-electron chi connectivity index (χ1n) is 5.53. The number of carbonyl (C=O) groups is 2. The Morgan fingerprint density at radius 3 is 2.72 bits per heavy atom. The van der Waals surface area contributed by atoms with E-state index in [-0.39, 0.29) is 17.6 Å². The van der Waals surface area contributed by atoms with Gasteiger partial charge in [0.2, 0.25) is 17.7 Å². The zero-order chi connectivity index (χ0) is 13.5. The van der Waals surface area contributed by atoms with Crippen LogP contribution in [-0.2, 0) is 9.59 Å². The first kappa shape index (κ1) is 14.5. The zero-order valence-electron chi connectivity index (χ0n) is 10.5. The predicted octanol–water partition coefficient (Wildman–Crippen LogP) is 0.111. The molecule has 0 spiro atoms. The van der Waals surface area contributed by atoms with Crippen LogP contribution in [0.1, 0.15) is 19.7 Å². The molecule has 1 rings (SSSR count). The summed E-state index contributed by atoms with van der Waals surface area (Å²) in [4.78, 5) is 22.9. The Morgan fingerprint density at radius 2 is 2.17 bits per heavy atom. The van der Waals surface area contributed by atoms with Crippen molar-refractivity contribution in [1.29, 1.82) is 0 Å². The van der Waals surface area contributed by atoms with E-state index in [4.69, 9.17) is 4.42 Å². The molecule has 7 nitrogen and oxygen atoms in total. The molecule has 0 aliphatic heterocycles. The molecule has 0 unspecified atom stereocenters. The minimum atomic E-state index is -0.553. The summed E-state index contributed by atoms with van der Waals surface area (Å²) in [5.41, 5.74) is 0. The highest BCUT2D eigenvalue weighted by Crippen LogP contribution is 2.14. The summed E-state index contributed by atoms with van der Waals surface area (Å²) in [5.74, 6) is 0.124. The van der Waals surface area contributed by atoms with Gasteiger partial charge in [-0.15, -0.1) is 10.2 Å². The minimum Gasteiger partial charge on any atom is -0.416 e. The molecular weight excluding hydrogens is 256 g/mol. The highest BCUT2D eigenvalue weighted by Gasteiger charge is 2.15. The molecule has 0 aromatic carbocycles. The predicted molar refractivity (Wildman–Crippen MR) is 66.0 cm³/mol. The Bertz CT molecular complexity index is 421. The smallest absolute Gasteiger partial charge is 0.277 e. The van der Waals surface area contributed by atoms with Crippen LogP contribution in [0.5, 0.6) is 0 Å². The van der Waals surface area contributed by atoms with Crippen LogP contribution >= 0.6 is 11.8 Å². The van der Waals surface area contributed by atoms with Gasteiger partial charge in [0.25, 0.3) is 5.22 Å². The van der Waals surface area contributed by atoms with Gasteiger partial charge in [0.05, 0.1) is 5.75 Å². The molecule has 2 amide bonds. The first-order valence-corrected chi connectivity index (χ1v) is 6.51. The SMILES string of the molecule is CCNC(=O)[C@H](C)NC(=O)CSc1nnc(C)o1. The fourth-order valence-electron chi connectivity index (χ4n) is 1.14. The van der Waals surface area contributed by atoms with Gasteiger partial charge in [0.15, 0.2) is 0 Å². The maximum absolute atomic E-state index is 11.5. The Hall–Kier alpha value is -1.57. The van der Waals surface area contributed by atoms with E-state index in [2.05, 4.69) is 20.8 Å². The van der Waals surface area contributed by atoms with Crippen LogP contribution < -0.4 is 10.6 Å². The van der Waals surface area contributed by atoms with Gasteiger partial charge in [0.1, 0.15) is 6.04 Å². The summed E-state index contributed by atoms with van der Waals surface area (Å²) >= 11 is 1.13. The second kappa shape index (κ2) is 7.00. The largest absolute Gasteiger partial charge is 0.416 e. The Morgan fingerprint density at radius 1 is 1.44 bits per heavy atom. The van der Waals surface area contributed by atoms with E-state index >= 15 is 0 Å². The number of thioether (sulfide) groups is 1. The fourth-order valence-corrected chi connectivity index (χ4v) is 1.76. The quantitative estimate of drug-likeness (QED) is 0.713. The fraction of sp³-hybridized carbons (Fsp3) is 0.600. The van der Waals surface area contributed by atoms with Gasteiger partial charge in [-0.25, -0.2) is 0 Å². The Balaban J connectivity index is 2.31. The lowest BCUT2D eigenvalue weighted by Gasteiger charge is -2.12. The summed E-state index contributed by atoms with van der Waals surface area (Å²) in [5, 5.41) is 12.9. The number of hydrogen-bond acceptors (Lipinski definition) is 6. The number of amides is 2. The third-order valence-corrected chi connectivity index (χ3v) is 2.77. The van der Waals surface area contributed by atoms with E-state index in [9.17, 15) is 9.59 Å². The van der Waals surface area contributed by atoms with Crippen molar-refractivity contribution in [2.45, 2.75) is 32.0 Å². The van der Waals surface area contributed by atoms with E-state index in [0.717, 1.165) is 11.8 Å². The normalized spacial score (nSPS) is 11.9. The van der Waals surface area contributed by atoms with E-state index in [1.165, 1.54) is 0 Å². The number of nitrogens with zero attached hydrogens (tertiary/aromatic N) is 2. The minimum absolute atomic E-state index is 0.130. The van der Waals surface area contributed by atoms with Crippen molar-refractivity contribution in [3.63, 3.8) is 0 Å². The molecule has 0 aliphatic rings. The van der Waals surface area contributed by atoms with Crippen molar-refractivity contribution < 1.29 is 14.0 Å². The molecule has 1 aromatic heterocycles. The van der Waals surface area contributed by atoms with Gasteiger partial charge in [-0.1, -0.05) is 11.8 Å². The molecule has 0 fully saturated rings. The lowest BCUT2D eigenvalue weighted by Crippen LogP contribution is -2.45. The number of aryl methyl sites for hydroxylation is 1. The van der Waals surface area contributed by atoms with Crippen LogP contribution in [0, 0.1) is 6.92 Å². The molecule has 0 bridgehead atoms. The highest BCUT2D eigenvalue weighted by atomic mass is 32.2. The zero-order valence-corrected chi connectivity index (χ0v) is 11.3. The molecule has 8 heteroatoms. The third-order valence-electron chi connectivity index (χ3n) is 1.96. The van der Waals surface area contributed by atoms with Crippen LogP contribution in [-0.4, -0.2) is 40.4 Å². The molecular formula is C10H16N4O3S. The maximum atomic E-state index is 11.5. The molecule has 0 saturated carbocycles. The molecule has 1 heterocycles. The Kier molecular flexibility index (Phi) is 5.63. The van der Waals surface area contributed by atoms with Gasteiger partial charge >= 0.3 is 0 Å². The lowest BCUT2D eigenvalue weighted by atomic mass is 10.3. The van der Waals surface area contributed by atoms with Gasteiger partial charge in [-0.2, -0.15) is 0 Å². The standard InChI is InChI=1S/C10H16N4O3S/c1-4-11-9(16)6(2)12-8(15)5-18-10-14-13-7(3)17-10/h6H,4-5H2,1-3H3,(H,11,16)(H,12,15)/t6-/m0/s1. The van der Waals surface area contributed by atoms with Crippen LogP contribution in [0.3, 0.4) is 0 Å². The van der Waals surface area contributed by atoms with E-state index in [1.54, 1.807) is 13.8 Å². The van der Waals surface area contributed by atoms with E-state index in [1.807, 2.05) is 6.92 Å². The van der Waals surface area contributed by atoms with Crippen molar-refractivity contribution in [2.24, 2.45) is 0 Å². The summed E-state index contributed by atoms with van der Waals surface area (Å²) in [6.07, 6.45) is 0. The van der Waals surface area contributed by atoms with Crippen molar-refractivity contribution in [1.82, 2.24) is 20.8 Å². The topological polar surface area (TPSA) is 97.1 Å². The van der Waals surface area contributed by atoms with Crippen LogP contribution in [0.2, 0.25) is 0 Å². The highest BCUT2D eigenvalue weighted by molar-refractivity contribution is 7.99. The van der Waals surface area contributed by atoms with Gasteiger partial charge < -0.3 is 15.1 Å². The summed E-state index contributed by atoms with van der Waals surface area (Å²) < 4.78 is 5.11. The monoisotopic (exact) mass is 272 g/mol. The van der Waals surface area contributed by atoms with Crippen LogP contribution in [0.15, 0.2) is 9.64 Å². The summed E-state index contributed by atoms with van der Waals surface area (Å²) in [7, 11) is 0. The van der Waals surface area contributed by atoms with Crippen molar-refractivity contribution >= 4 is 23.6 Å². The molecule has 1 atom stereocenters. The number of rotatable bonds is 6. The maximum Gasteiger partial charge on any atom is 0.277 e. The average molecular weight is 272 g/mol. The van der Waals surface area contributed by atoms with Crippen molar-refractivity contribution in [3.05, 3.63) is 5.89 Å². The second-order valence-electron chi connectivity index (χ2n) is 3.56. The first-order chi connectivity index (χ1) is 8.52. The Labute approximate surface area is 109 Å². The van der Waals surface area contributed by atoms with Crippen LogP contribution in [0.4, 0.5) is 0 Å². The lowest BCUT2D eigenvalue weighted by molar-refractivity contribution is -0.127. The van der Waals surface area contributed by atoms with Crippen molar-refractivity contribution in [3.8, 4) is 0 Å². The molecule has 0 radical (unpaired) electrons. The van der Waals surface area contributed by atoms with Gasteiger partial charge in [-0.05, 0) is 13.8 Å². The average Bonchev–Trinajstić information content (AvgIpc) is 2.73.